The van der Waals surface area contributed by atoms with Gasteiger partial charge in [-0.05, 0) is 103 Å². The van der Waals surface area contributed by atoms with E-state index in [9.17, 15) is 14.4 Å². The summed E-state index contributed by atoms with van der Waals surface area (Å²) in [6.07, 6.45) is 66.4. The fourth-order valence-electron chi connectivity index (χ4n) is 7.72. The molecule has 0 spiro atoms. The van der Waals surface area contributed by atoms with Crippen molar-refractivity contribution in [2.45, 2.75) is 284 Å². The summed E-state index contributed by atoms with van der Waals surface area (Å²) in [7, 11) is 0. The van der Waals surface area contributed by atoms with Crippen LogP contribution in [0.2, 0.25) is 0 Å². The first kappa shape index (κ1) is 62.1. The molecule has 0 N–H and O–H groups in total. The van der Waals surface area contributed by atoms with Crippen LogP contribution >= 0.6 is 0 Å². The van der Waals surface area contributed by atoms with E-state index in [0.717, 1.165) is 77.0 Å². The third kappa shape index (κ3) is 51.9. The summed E-state index contributed by atoms with van der Waals surface area (Å²) in [6, 6.07) is 0. The second kappa shape index (κ2) is 53.7. The highest BCUT2D eigenvalue weighted by atomic mass is 16.6. The molecule has 0 unspecified atom stereocenters. The lowest BCUT2D eigenvalue weighted by Gasteiger charge is -2.18. The molecule has 6 heteroatoms. The van der Waals surface area contributed by atoms with Gasteiger partial charge in [0.1, 0.15) is 13.2 Å². The Morgan fingerprint density at radius 1 is 0.308 bits per heavy atom. The van der Waals surface area contributed by atoms with Gasteiger partial charge in [0.25, 0.3) is 0 Å². The molecule has 0 heterocycles. The van der Waals surface area contributed by atoms with E-state index >= 15 is 0 Å². The van der Waals surface area contributed by atoms with Crippen molar-refractivity contribution in [3.05, 3.63) is 60.8 Å². The summed E-state index contributed by atoms with van der Waals surface area (Å²) in [5.74, 6) is -0.933. The van der Waals surface area contributed by atoms with E-state index in [2.05, 4.69) is 81.5 Å². The number of hydrogen-bond donors (Lipinski definition) is 0. The standard InChI is InChI=1S/C59H104O6/c1-4-7-10-13-16-19-22-24-26-27-28-29-30-31-33-35-38-41-44-47-50-53-59(62)65-56(54-63-57(60)51-48-45-42-39-36-21-18-15-12-9-6-3)55-64-58(61)52-49-46-43-40-37-34-32-25-23-20-17-14-11-8-5-2/h15,17-18,20,24-26,32,37,40,56H,4-14,16,19,21-23,27-31,33-36,38-39,41-55H2,1-3H3/b18-15-,20-17-,26-24-,32-25-,40-37-/t56-/m0/s1. The Bertz CT molecular complexity index is 1180. The Hall–Kier alpha value is -2.89. The highest BCUT2D eigenvalue weighted by molar-refractivity contribution is 5.71. The SMILES string of the molecule is CCCC/C=C\CCCCCCCC(=O)OC[C@@H](COC(=O)CCCC/C=C\C/C=C\C/C=C\CCCCC)OC(=O)CCCCCCCCCCCCC/C=C\CCCCCCCC. The van der Waals surface area contributed by atoms with Crippen LogP contribution in [0.5, 0.6) is 0 Å². The van der Waals surface area contributed by atoms with Gasteiger partial charge in [0, 0.05) is 19.3 Å². The quantitative estimate of drug-likeness (QED) is 0.0262. The van der Waals surface area contributed by atoms with Gasteiger partial charge in [-0.2, -0.15) is 0 Å². The molecule has 0 aliphatic carbocycles. The minimum Gasteiger partial charge on any atom is -0.462 e. The van der Waals surface area contributed by atoms with Crippen LogP contribution in [0, 0.1) is 0 Å². The van der Waals surface area contributed by atoms with Crippen molar-refractivity contribution in [1.29, 1.82) is 0 Å². The molecule has 0 aromatic rings. The van der Waals surface area contributed by atoms with Gasteiger partial charge in [0.05, 0.1) is 0 Å². The average Bonchev–Trinajstić information content (AvgIpc) is 3.30. The maximum Gasteiger partial charge on any atom is 0.306 e. The molecule has 0 radical (unpaired) electrons. The van der Waals surface area contributed by atoms with Gasteiger partial charge < -0.3 is 14.2 Å². The number of carbonyl (C=O) groups is 3. The maximum atomic E-state index is 12.8. The van der Waals surface area contributed by atoms with Crippen LogP contribution < -0.4 is 0 Å². The second-order valence-corrected chi connectivity index (χ2v) is 18.5. The lowest BCUT2D eigenvalue weighted by molar-refractivity contribution is -0.167. The molecule has 0 aromatic carbocycles. The number of rotatable bonds is 50. The van der Waals surface area contributed by atoms with E-state index in [0.29, 0.717) is 19.3 Å². The minimum atomic E-state index is -0.792. The van der Waals surface area contributed by atoms with Gasteiger partial charge in [0.2, 0.25) is 0 Å². The van der Waals surface area contributed by atoms with Crippen LogP contribution in [0.1, 0.15) is 278 Å². The van der Waals surface area contributed by atoms with E-state index in [1.54, 1.807) is 0 Å². The van der Waals surface area contributed by atoms with Gasteiger partial charge in [-0.15, -0.1) is 0 Å². The van der Waals surface area contributed by atoms with Crippen molar-refractivity contribution in [3.8, 4) is 0 Å². The molecular formula is C59H104O6. The molecule has 0 aliphatic heterocycles. The van der Waals surface area contributed by atoms with E-state index in [-0.39, 0.29) is 31.1 Å². The lowest BCUT2D eigenvalue weighted by atomic mass is 10.0. The van der Waals surface area contributed by atoms with Crippen LogP contribution in [0.4, 0.5) is 0 Å². The third-order valence-corrected chi connectivity index (χ3v) is 12.0. The highest BCUT2D eigenvalue weighted by Gasteiger charge is 2.19. The first-order valence-electron chi connectivity index (χ1n) is 27.8. The highest BCUT2D eigenvalue weighted by Crippen LogP contribution is 2.15. The van der Waals surface area contributed by atoms with Crippen LogP contribution in [0.25, 0.3) is 0 Å². The van der Waals surface area contributed by atoms with E-state index in [4.69, 9.17) is 14.2 Å². The zero-order valence-electron chi connectivity index (χ0n) is 43.0. The number of ether oxygens (including phenoxy) is 3. The van der Waals surface area contributed by atoms with Gasteiger partial charge in [-0.25, -0.2) is 0 Å². The van der Waals surface area contributed by atoms with Gasteiger partial charge in [-0.1, -0.05) is 216 Å². The van der Waals surface area contributed by atoms with Gasteiger partial charge in [0.15, 0.2) is 6.10 Å². The maximum absolute atomic E-state index is 12.8. The van der Waals surface area contributed by atoms with Crippen molar-refractivity contribution in [2.75, 3.05) is 13.2 Å². The number of carbonyl (C=O) groups excluding carboxylic acids is 3. The predicted octanol–water partition coefficient (Wildman–Crippen LogP) is 18.4. The summed E-state index contributed by atoms with van der Waals surface area (Å²) in [4.78, 5) is 38.0. The van der Waals surface area contributed by atoms with Crippen LogP contribution in [-0.4, -0.2) is 37.2 Å². The van der Waals surface area contributed by atoms with Gasteiger partial charge in [-0.3, -0.25) is 14.4 Å². The molecule has 65 heavy (non-hydrogen) atoms. The monoisotopic (exact) mass is 909 g/mol. The summed E-state index contributed by atoms with van der Waals surface area (Å²) in [6.45, 7) is 6.54. The van der Waals surface area contributed by atoms with Crippen LogP contribution in [0.15, 0.2) is 60.8 Å². The number of hydrogen-bond acceptors (Lipinski definition) is 6. The van der Waals surface area contributed by atoms with Crippen LogP contribution in [-0.2, 0) is 28.6 Å². The molecule has 0 bridgehead atoms. The largest absolute Gasteiger partial charge is 0.462 e. The smallest absolute Gasteiger partial charge is 0.306 e. The zero-order chi connectivity index (χ0) is 47.2. The zero-order valence-corrected chi connectivity index (χ0v) is 43.0. The number of allylic oxidation sites excluding steroid dienone is 10. The minimum absolute atomic E-state index is 0.0902. The van der Waals surface area contributed by atoms with E-state index in [1.807, 2.05) is 0 Å². The molecule has 0 saturated carbocycles. The Morgan fingerprint density at radius 2 is 0.569 bits per heavy atom. The predicted molar refractivity (Wildman–Crippen MR) is 279 cm³/mol. The average molecular weight is 909 g/mol. The normalized spacial score (nSPS) is 12.5. The Kier molecular flexibility index (Phi) is 51.3. The molecule has 0 aliphatic rings. The fourth-order valence-corrected chi connectivity index (χ4v) is 7.72. The first-order chi connectivity index (χ1) is 32.0. The molecular weight excluding hydrogens is 805 g/mol. The summed E-state index contributed by atoms with van der Waals surface area (Å²) in [5, 5.41) is 0. The van der Waals surface area contributed by atoms with Crippen molar-refractivity contribution in [3.63, 3.8) is 0 Å². The molecule has 0 fully saturated rings. The fraction of sp³-hybridized carbons (Fsp3) is 0.780. The third-order valence-electron chi connectivity index (χ3n) is 12.0. The van der Waals surface area contributed by atoms with Crippen molar-refractivity contribution in [2.24, 2.45) is 0 Å². The molecule has 6 nitrogen and oxygen atoms in total. The van der Waals surface area contributed by atoms with E-state index in [1.165, 1.54) is 161 Å². The molecule has 0 saturated heterocycles. The lowest BCUT2D eigenvalue weighted by Crippen LogP contribution is -2.30. The van der Waals surface area contributed by atoms with Crippen molar-refractivity contribution >= 4 is 17.9 Å². The topological polar surface area (TPSA) is 78.9 Å². The summed E-state index contributed by atoms with van der Waals surface area (Å²) in [5.41, 5.74) is 0. The number of esters is 3. The number of unbranched alkanes of at least 4 members (excludes halogenated alkanes) is 29. The first-order valence-corrected chi connectivity index (χ1v) is 27.8. The Morgan fingerprint density at radius 3 is 0.985 bits per heavy atom. The Balaban J connectivity index is 4.36. The molecule has 376 valence electrons. The summed E-state index contributed by atoms with van der Waals surface area (Å²) >= 11 is 0. The van der Waals surface area contributed by atoms with E-state index < -0.39 is 6.10 Å². The van der Waals surface area contributed by atoms with Crippen molar-refractivity contribution in [1.82, 2.24) is 0 Å². The van der Waals surface area contributed by atoms with Gasteiger partial charge >= 0.3 is 17.9 Å². The van der Waals surface area contributed by atoms with Crippen LogP contribution in [0.3, 0.4) is 0 Å². The Labute approximate surface area is 402 Å². The molecule has 0 amide bonds. The summed E-state index contributed by atoms with van der Waals surface area (Å²) < 4.78 is 16.8. The van der Waals surface area contributed by atoms with Crippen molar-refractivity contribution < 1.29 is 28.6 Å². The molecule has 0 aromatic heterocycles. The second-order valence-electron chi connectivity index (χ2n) is 18.5. The molecule has 0 rings (SSSR count). The molecule has 1 atom stereocenters.